The van der Waals surface area contributed by atoms with E-state index in [0.29, 0.717) is 25.8 Å². The molecule has 1 aliphatic rings. The first kappa shape index (κ1) is 21.6. The van der Waals surface area contributed by atoms with Crippen molar-refractivity contribution in [3.05, 3.63) is 5.28 Å². The molecule has 0 aliphatic carbocycles. The Morgan fingerprint density at radius 1 is 1.14 bits per heavy atom. The minimum atomic E-state index is -1.24. The fourth-order valence-corrected chi connectivity index (χ4v) is 2.64. The van der Waals surface area contributed by atoms with Crippen LogP contribution in [0, 0.1) is 0 Å². The van der Waals surface area contributed by atoms with E-state index in [2.05, 4.69) is 36.2 Å². The molecule has 3 amide bonds. The molecule has 3 atom stereocenters. The molecule has 1 aliphatic heterocycles. The van der Waals surface area contributed by atoms with Crippen LogP contribution < -0.4 is 27.0 Å². The van der Waals surface area contributed by atoms with Gasteiger partial charge in [0.1, 0.15) is 18.1 Å². The van der Waals surface area contributed by atoms with Crippen molar-refractivity contribution in [2.45, 2.75) is 44.3 Å². The number of nitrogens with one attached hydrogen (secondary N) is 4. The lowest BCUT2D eigenvalue weighted by Crippen LogP contribution is -2.56. The number of amides is 3. The maximum Gasteiger partial charge on any atom is 0.245 e. The molecule has 0 saturated heterocycles. The molecular formula is C15H23ClN8O4. The molecular weight excluding hydrogens is 392 g/mol. The van der Waals surface area contributed by atoms with Gasteiger partial charge in [0.05, 0.1) is 6.61 Å². The van der Waals surface area contributed by atoms with E-state index in [1.165, 1.54) is 6.92 Å². The first-order valence-electron chi connectivity index (χ1n) is 8.73. The zero-order chi connectivity index (χ0) is 20.7. The Bertz CT molecular complexity index is 734. The Morgan fingerprint density at radius 3 is 2.54 bits per heavy atom. The van der Waals surface area contributed by atoms with E-state index in [4.69, 9.17) is 17.3 Å². The second-order valence-electron chi connectivity index (χ2n) is 6.25. The standard InChI is InChI=1S/C15H23ClN8O4/c1-7-11(27)21-9(6-25)12(28)20-8(10(17)26)4-2-3-5-18-14-22-13(16)23-15(19-7)24-14/h7-9,25H,2-6H2,1H3,(H2,17,26)(H,20,28)(H,21,27)(H2,18,19,22,23,24)/t7-,8+,9-/m0/s1. The van der Waals surface area contributed by atoms with E-state index in [1.807, 2.05) is 0 Å². The van der Waals surface area contributed by atoms with Crippen LogP contribution in [0.3, 0.4) is 0 Å². The van der Waals surface area contributed by atoms with E-state index < -0.39 is 42.5 Å². The number of rotatable bonds is 2. The molecule has 0 aromatic carbocycles. The molecule has 28 heavy (non-hydrogen) atoms. The molecule has 2 heterocycles. The zero-order valence-electron chi connectivity index (χ0n) is 15.2. The third-order valence-electron chi connectivity index (χ3n) is 4.03. The number of halogens is 1. The van der Waals surface area contributed by atoms with Gasteiger partial charge in [-0.3, -0.25) is 14.4 Å². The fraction of sp³-hybridized carbons (Fsp3) is 0.600. The summed E-state index contributed by atoms with van der Waals surface area (Å²) in [5, 5.41) is 20.0. The summed E-state index contributed by atoms with van der Waals surface area (Å²) in [5.74, 6) is -1.69. The number of hydrogen-bond acceptors (Lipinski definition) is 9. The molecule has 1 aromatic rings. The lowest BCUT2D eigenvalue weighted by atomic mass is 10.1. The number of carbonyl (C=O) groups excluding carboxylic acids is 3. The van der Waals surface area contributed by atoms with Crippen molar-refractivity contribution >= 4 is 41.2 Å². The van der Waals surface area contributed by atoms with Crippen molar-refractivity contribution in [2.75, 3.05) is 23.8 Å². The van der Waals surface area contributed by atoms with Crippen LogP contribution in [0.15, 0.2) is 0 Å². The molecule has 13 heteroatoms. The zero-order valence-corrected chi connectivity index (χ0v) is 16.0. The van der Waals surface area contributed by atoms with Crippen LogP contribution in [0.1, 0.15) is 26.2 Å². The third-order valence-corrected chi connectivity index (χ3v) is 4.19. The second kappa shape index (κ2) is 9.99. The summed E-state index contributed by atoms with van der Waals surface area (Å²) in [6, 6.07) is -3.01. The third kappa shape index (κ3) is 6.16. The summed E-state index contributed by atoms with van der Waals surface area (Å²) >= 11 is 5.88. The van der Waals surface area contributed by atoms with Gasteiger partial charge in [-0.1, -0.05) is 0 Å². The van der Waals surface area contributed by atoms with Gasteiger partial charge in [0.15, 0.2) is 0 Å². The van der Waals surface area contributed by atoms with Crippen molar-refractivity contribution in [2.24, 2.45) is 5.73 Å². The van der Waals surface area contributed by atoms with Crippen molar-refractivity contribution < 1.29 is 19.5 Å². The Kier molecular flexibility index (Phi) is 7.70. The van der Waals surface area contributed by atoms with E-state index in [-0.39, 0.29) is 17.2 Å². The summed E-state index contributed by atoms with van der Waals surface area (Å²) < 4.78 is 0. The highest BCUT2D eigenvalue weighted by Crippen LogP contribution is 2.11. The van der Waals surface area contributed by atoms with Crippen LogP contribution in [0.5, 0.6) is 0 Å². The van der Waals surface area contributed by atoms with Gasteiger partial charge >= 0.3 is 0 Å². The monoisotopic (exact) mass is 414 g/mol. The summed E-state index contributed by atoms with van der Waals surface area (Å²) in [4.78, 5) is 48.3. The number of hydrogen-bond donors (Lipinski definition) is 6. The average Bonchev–Trinajstić information content (AvgIpc) is 2.63. The predicted molar refractivity (Wildman–Crippen MR) is 100 cm³/mol. The van der Waals surface area contributed by atoms with E-state index >= 15 is 0 Å². The van der Waals surface area contributed by atoms with Gasteiger partial charge in [0.2, 0.25) is 34.9 Å². The molecule has 2 bridgehead atoms. The summed E-state index contributed by atoms with van der Waals surface area (Å²) in [6.07, 6.45) is 1.51. The van der Waals surface area contributed by atoms with Crippen molar-refractivity contribution in [3.63, 3.8) is 0 Å². The first-order chi connectivity index (χ1) is 13.3. The molecule has 0 fully saturated rings. The van der Waals surface area contributed by atoms with Gasteiger partial charge < -0.3 is 32.1 Å². The Morgan fingerprint density at radius 2 is 1.86 bits per heavy atom. The van der Waals surface area contributed by atoms with Crippen LogP contribution in [0.25, 0.3) is 0 Å². The molecule has 0 spiro atoms. The van der Waals surface area contributed by atoms with Crippen LogP contribution in [0.2, 0.25) is 5.28 Å². The smallest absolute Gasteiger partial charge is 0.245 e. The largest absolute Gasteiger partial charge is 0.394 e. The predicted octanol–water partition coefficient (Wildman–Crippen LogP) is -1.63. The summed E-state index contributed by atoms with van der Waals surface area (Å²) in [7, 11) is 0. The Labute approximate surface area is 166 Å². The van der Waals surface area contributed by atoms with Crippen molar-refractivity contribution in [1.82, 2.24) is 25.6 Å². The number of carbonyl (C=O) groups is 3. The number of aliphatic hydroxyl groups excluding tert-OH is 1. The number of fused-ring (bicyclic) bond motifs is 2. The fourth-order valence-electron chi connectivity index (χ4n) is 2.48. The quantitative estimate of drug-likeness (QED) is 0.330. The second-order valence-corrected chi connectivity index (χ2v) is 6.59. The SMILES string of the molecule is C[C@@H]1Nc2nc(Cl)nc(n2)NCCCC[C@H](C(N)=O)NC(=O)[C@H](CO)NC1=O. The lowest BCUT2D eigenvalue weighted by Gasteiger charge is -2.22. The maximum atomic E-state index is 12.3. The summed E-state index contributed by atoms with van der Waals surface area (Å²) in [6.45, 7) is 1.34. The molecule has 154 valence electrons. The number of nitrogens with zero attached hydrogens (tertiary/aromatic N) is 3. The number of anilines is 2. The van der Waals surface area contributed by atoms with Crippen molar-refractivity contribution in [1.29, 1.82) is 0 Å². The lowest BCUT2D eigenvalue weighted by molar-refractivity contribution is -0.132. The number of primary amides is 1. The summed E-state index contributed by atoms with van der Waals surface area (Å²) in [5.41, 5.74) is 5.34. The minimum Gasteiger partial charge on any atom is -0.394 e. The molecule has 1 aromatic heterocycles. The normalized spacial score (nSPS) is 24.3. The molecule has 7 N–H and O–H groups in total. The Balaban J connectivity index is 2.23. The first-order valence-corrected chi connectivity index (χ1v) is 9.11. The highest BCUT2D eigenvalue weighted by Gasteiger charge is 2.27. The van der Waals surface area contributed by atoms with E-state index in [1.54, 1.807) is 0 Å². The van der Waals surface area contributed by atoms with Gasteiger partial charge in [-0.15, -0.1) is 0 Å². The highest BCUT2D eigenvalue weighted by molar-refractivity contribution is 6.28. The van der Waals surface area contributed by atoms with Gasteiger partial charge in [-0.2, -0.15) is 15.0 Å². The van der Waals surface area contributed by atoms with Crippen LogP contribution in [-0.4, -0.2) is 69.1 Å². The highest BCUT2D eigenvalue weighted by atomic mass is 35.5. The molecule has 0 radical (unpaired) electrons. The number of aliphatic hydroxyl groups is 1. The van der Waals surface area contributed by atoms with Gasteiger partial charge in [0, 0.05) is 6.54 Å². The van der Waals surface area contributed by atoms with Gasteiger partial charge in [-0.05, 0) is 37.8 Å². The van der Waals surface area contributed by atoms with Gasteiger partial charge in [-0.25, -0.2) is 0 Å². The molecule has 0 unspecified atom stereocenters. The van der Waals surface area contributed by atoms with Gasteiger partial charge in [0.25, 0.3) is 0 Å². The van der Waals surface area contributed by atoms with Crippen LogP contribution in [0.4, 0.5) is 11.9 Å². The molecule has 2 rings (SSSR count). The van der Waals surface area contributed by atoms with Crippen LogP contribution >= 0.6 is 11.6 Å². The Hall–Kier alpha value is -2.73. The minimum absolute atomic E-state index is 0.0601. The van der Waals surface area contributed by atoms with Crippen LogP contribution in [-0.2, 0) is 14.4 Å². The molecule has 0 saturated carbocycles. The topological polar surface area (TPSA) is 184 Å². The van der Waals surface area contributed by atoms with Crippen molar-refractivity contribution in [3.8, 4) is 0 Å². The number of aromatic nitrogens is 3. The van der Waals surface area contributed by atoms with E-state index in [0.717, 1.165) is 0 Å². The maximum absolute atomic E-state index is 12.3. The molecule has 12 nitrogen and oxygen atoms in total. The average molecular weight is 415 g/mol. The number of nitrogens with two attached hydrogens (primary N) is 1. The van der Waals surface area contributed by atoms with E-state index in [9.17, 15) is 19.5 Å².